The maximum Gasteiger partial charge on any atom is 0.196 e. The van der Waals surface area contributed by atoms with Crippen molar-refractivity contribution in [3.05, 3.63) is 29.8 Å². The Bertz CT molecular complexity index is 609. The third kappa shape index (κ3) is 2.81. The van der Waals surface area contributed by atoms with Gasteiger partial charge in [0.15, 0.2) is 6.29 Å². The fourth-order valence-electron chi connectivity index (χ4n) is 7.26. The second kappa shape index (κ2) is 6.30. The Morgan fingerprint density at radius 1 is 0.960 bits per heavy atom. The van der Waals surface area contributed by atoms with Gasteiger partial charge in [-0.25, -0.2) is 0 Å². The van der Waals surface area contributed by atoms with Crippen LogP contribution in [0, 0.1) is 48.3 Å². The van der Waals surface area contributed by atoms with Gasteiger partial charge >= 0.3 is 0 Å². The number of rotatable bonds is 6. The highest BCUT2D eigenvalue weighted by atomic mass is 16.7. The average molecular weight is 341 g/mol. The van der Waals surface area contributed by atoms with E-state index in [1.165, 1.54) is 18.4 Å². The van der Waals surface area contributed by atoms with Crippen LogP contribution in [0.2, 0.25) is 0 Å². The monoisotopic (exact) mass is 340 g/mol. The number of ether oxygens (including phenoxy) is 2. The highest BCUT2D eigenvalue weighted by molar-refractivity contribution is 5.26. The molecule has 0 amide bonds. The molecule has 0 saturated heterocycles. The normalized spacial score (nSPS) is 41.9. The second-order valence-electron chi connectivity index (χ2n) is 9.30. The molecule has 4 aliphatic carbocycles. The largest absolute Gasteiger partial charge is 0.465 e. The maximum atomic E-state index is 6.00. The molecule has 25 heavy (non-hydrogen) atoms. The zero-order valence-electron chi connectivity index (χ0n) is 15.7. The Balaban J connectivity index is 1.10. The van der Waals surface area contributed by atoms with E-state index in [0.717, 1.165) is 53.8 Å². The van der Waals surface area contributed by atoms with Gasteiger partial charge in [-0.3, -0.25) is 0 Å². The van der Waals surface area contributed by atoms with Gasteiger partial charge in [0, 0.05) is 0 Å². The molecule has 1 aromatic rings. The molecule has 8 atom stereocenters. The summed E-state index contributed by atoms with van der Waals surface area (Å²) < 4.78 is 11.9. The topological polar surface area (TPSA) is 18.5 Å². The number of fused-ring (bicyclic) bond motifs is 9. The minimum atomic E-state index is -0.156. The average Bonchev–Trinajstić information content (AvgIpc) is 3.35. The van der Waals surface area contributed by atoms with Crippen molar-refractivity contribution in [3.63, 3.8) is 0 Å². The molecule has 4 fully saturated rings. The third-order valence-electron chi connectivity index (χ3n) is 8.04. The Labute approximate surface area is 152 Å². The number of benzene rings is 1. The highest BCUT2D eigenvalue weighted by Crippen LogP contribution is 2.69. The lowest BCUT2D eigenvalue weighted by Gasteiger charge is -2.38. The van der Waals surface area contributed by atoms with Crippen molar-refractivity contribution >= 4 is 0 Å². The summed E-state index contributed by atoms with van der Waals surface area (Å²) in [5.74, 6) is 8.37. The Kier molecular flexibility index (Phi) is 4.08. The molecular formula is C23H32O2. The smallest absolute Gasteiger partial charge is 0.196 e. The summed E-state index contributed by atoms with van der Waals surface area (Å²) in [5.41, 5.74) is 1.26. The van der Waals surface area contributed by atoms with E-state index in [-0.39, 0.29) is 6.29 Å². The first-order valence-electron chi connectivity index (χ1n) is 10.5. The van der Waals surface area contributed by atoms with Gasteiger partial charge in [-0.2, -0.15) is 0 Å². The SMILES string of the molecule is Cc1ccc(OC(C)OCCC2CC3CC2C2C4CCC(C4)C32)cc1. The van der Waals surface area contributed by atoms with E-state index < -0.39 is 0 Å². The van der Waals surface area contributed by atoms with Gasteiger partial charge in [-0.1, -0.05) is 17.7 Å². The number of aryl methyl sites for hydroxylation is 1. The fourth-order valence-corrected chi connectivity index (χ4v) is 7.26. The quantitative estimate of drug-likeness (QED) is 0.507. The van der Waals surface area contributed by atoms with Crippen molar-refractivity contribution in [2.75, 3.05) is 6.61 Å². The molecule has 0 radical (unpaired) electrons. The summed E-state index contributed by atoms with van der Waals surface area (Å²) in [4.78, 5) is 0. The molecule has 136 valence electrons. The lowest BCUT2D eigenvalue weighted by Crippen LogP contribution is -2.33. The fraction of sp³-hybridized carbons (Fsp3) is 0.739. The summed E-state index contributed by atoms with van der Waals surface area (Å²) >= 11 is 0. The standard InChI is InChI=1S/C23H32O2/c1-14-3-7-20(8-4-14)25-15(2)24-10-9-16-11-19-13-21(16)23-18-6-5-17(12-18)22(19)23/h3-4,7-8,15-19,21-23H,5-6,9-13H2,1-2H3. The molecular weight excluding hydrogens is 308 g/mol. The molecule has 0 aliphatic heterocycles. The third-order valence-corrected chi connectivity index (χ3v) is 8.04. The Hall–Kier alpha value is -1.02. The zero-order chi connectivity index (χ0) is 17.0. The van der Waals surface area contributed by atoms with Crippen LogP contribution in [0.4, 0.5) is 0 Å². The predicted molar refractivity (Wildman–Crippen MR) is 99.4 cm³/mol. The van der Waals surface area contributed by atoms with Crippen LogP contribution in [0.15, 0.2) is 24.3 Å². The molecule has 4 aliphatic rings. The van der Waals surface area contributed by atoms with E-state index in [1.807, 2.05) is 19.1 Å². The Morgan fingerprint density at radius 2 is 1.72 bits per heavy atom. The van der Waals surface area contributed by atoms with Crippen LogP contribution >= 0.6 is 0 Å². The first-order chi connectivity index (χ1) is 12.2. The van der Waals surface area contributed by atoms with Crippen LogP contribution in [0.1, 0.15) is 51.0 Å². The van der Waals surface area contributed by atoms with Crippen molar-refractivity contribution in [2.24, 2.45) is 41.4 Å². The van der Waals surface area contributed by atoms with Gasteiger partial charge in [-0.15, -0.1) is 0 Å². The summed E-state index contributed by atoms with van der Waals surface area (Å²) in [5, 5.41) is 0. The first-order valence-corrected chi connectivity index (χ1v) is 10.5. The summed E-state index contributed by atoms with van der Waals surface area (Å²) in [6, 6.07) is 8.23. The van der Waals surface area contributed by atoms with E-state index >= 15 is 0 Å². The summed E-state index contributed by atoms with van der Waals surface area (Å²) in [7, 11) is 0. The minimum Gasteiger partial charge on any atom is -0.465 e. The van der Waals surface area contributed by atoms with Crippen LogP contribution in [-0.2, 0) is 4.74 Å². The summed E-state index contributed by atoms with van der Waals surface area (Å²) in [6.07, 6.45) is 8.79. The maximum absolute atomic E-state index is 6.00. The van der Waals surface area contributed by atoms with Crippen molar-refractivity contribution in [1.82, 2.24) is 0 Å². The van der Waals surface area contributed by atoms with Crippen LogP contribution < -0.4 is 4.74 Å². The van der Waals surface area contributed by atoms with E-state index in [1.54, 1.807) is 25.7 Å². The molecule has 2 nitrogen and oxygen atoms in total. The van der Waals surface area contributed by atoms with Crippen molar-refractivity contribution in [2.45, 2.75) is 58.7 Å². The molecule has 4 saturated carbocycles. The molecule has 8 unspecified atom stereocenters. The second-order valence-corrected chi connectivity index (χ2v) is 9.30. The highest BCUT2D eigenvalue weighted by Gasteiger charge is 2.61. The number of hydrogen-bond acceptors (Lipinski definition) is 2. The van der Waals surface area contributed by atoms with Gasteiger partial charge in [-0.05, 0) is 106 Å². The van der Waals surface area contributed by atoms with Crippen molar-refractivity contribution in [1.29, 1.82) is 0 Å². The van der Waals surface area contributed by atoms with Crippen LogP contribution in [0.5, 0.6) is 5.75 Å². The van der Waals surface area contributed by atoms with Gasteiger partial charge in [0.25, 0.3) is 0 Å². The molecule has 1 aromatic carbocycles. The van der Waals surface area contributed by atoms with E-state index in [9.17, 15) is 0 Å². The molecule has 5 rings (SSSR count). The molecule has 0 heterocycles. The van der Waals surface area contributed by atoms with Crippen molar-refractivity contribution in [3.8, 4) is 5.75 Å². The zero-order valence-corrected chi connectivity index (χ0v) is 15.7. The van der Waals surface area contributed by atoms with E-state index in [4.69, 9.17) is 9.47 Å². The molecule has 4 bridgehead atoms. The minimum absolute atomic E-state index is 0.156. The molecule has 0 N–H and O–H groups in total. The molecule has 0 spiro atoms. The Morgan fingerprint density at radius 3 is 2.52 bits per heavy atom. The predicted octanol–water partition coefficient (Wildman–Crippen LogP) is 5.44. The summed E-state index contributed by atoms with van der Waals surface area (Å²) in [6.45, 7) is 4.97. The van der Waals surface area contributed by atoms with Crippen LogP contribution in [0.3, 0.4) is 0 Å². The first kappa shape index (κ1) is 16.2. The molecule has 2 heteroatoms. The van der Waals surface area contributed by atoms with Crippen molar-refractivity contribution < 1.29 is 9.47 Å². The van der Waals surface area contributed by atoms with Gasteiger partial charge < -0.3 is 9.47 Å². The van der Waals surface area contributed by atoms with Crippen LogP contribution in [-0.4, -0.2) is 12.9 Å². The lowest BCUT2D eigenvalue weighted by molar-refractivity contribution is -0.0735. The van der Waals surface area contributed by atoms with E-state index in [2.05, 4.69) is 19.1 Å². The van der Waals surface area contributed by atoms with E-state index in [0.29, 0.717) is 0 Å². The lowest BCUT2D eigenvalue weighted by atomic mass is 9.67. The van der Waals surface area contributed by atoms with Gasteiger partial charge in [0.2, 0.25) is 0 Å². The van der Waals surface area contributed by atoms with Gasteiger partial charge in [0.05, 0.1) is 6.61 Å². The van der Waals surface area contributed by atoms with Crippen LogP contribution in [0.25, 0.3) is 0 Å². The molecule has 0 aromatic heterocycles. The number of hydrogen-bond donors (Lipinski definition) is 0. The van der Waals surface area contributed by atoms with Gasteiger partial charge in [0.1, 0.15) is 5.75 Å².